The van der Waals surface area contributed by atoms with E-state index in [-0.39, 0.29) is 17.7 Å². The molecule has 0 fully saturated rings. The number of aromatic nitrogens is 3. The predicted molar refractivity (Wildman–Crippen MR) is 91.4 cm³/mol. The summed E-state index contributed by atoms with van der Waals surface area (Å²) in [5, 5.41) is 8.54. The number of hydrogen-bond donors (Lipinski definition) is 2. The minimum Gasteiger partial charge on any atom is -0.383 e. The number of rotatable bonds is 6. The van der Waals surface area contributed by atoms with Crippen LogP contribution in [-0.2, 0) is 11.3 Å². The monoisotopic (exact) mass is 325 g/mol. The van der Waals surface area contributed by atoms with Crippen molar-refractivity contribution in [1.82, 2.24) is 20.1 Å². The minimum absolute atomic E-state index is 0.0511. The van der Waals surface area contributed by atoms with E-state index in [1.807, 2.05) is 24.3 Å². The number of fused-ring (bicyclic) bond motifs is 1. The highest BCUT2D eigenvalue weighted by Crippen LogP contribution is 2.20. The Hall–Kier alpha value is -2.93. The third kappa shape index (κ3) is 3.36. The first kappa shape index (κ1) is 15.9. The SMILES string of the molecule is COCCN(Cc1cccc2ccccc12)C(=O)c1nc(N)n[nH]1. The van der Waals surface area contributed by atoms with Crippen molar-refractivity contribution in [2.45, 2.75) is 6.54 Å². The lowest BCUT2D eigenvalue weighted by molar-refractivity contribution is 0.0669. The van der Waals surface area contributed by atoms with Crippen LogP contribution in [0.15, 0.2) is 42.5 Å². The molecule has 0 saturated carbocycles. The first-order valence-corrected chi connectivity index (χ1v) is 7.62. The van der Waals surface area contributed by atoms with Gasteiger partial charge in [0.05, 0.1) is 6.61 Å². The number of nitrogens with two attached hydrogens (primary N) is 1. The summed E-state index contributed by atoms with van der Waals surface area (Å²) in [6, 6.07) is 14.2. The first-order chi connectivity index (χ1) is 11.7. The lowest BCUT2D eigenvalue weighted by Gasteiger charge is -2.22. The van der Waals surface area contributed by atoms with Crippen molar-refractivity contribution in [2.24, 2.45) is 0 Å². The van der Waals surface area contributed by atoms with Crippen LogP contribution in [0.4, 0.5) is 5.95 Å². The molecule has 3 rings (SSSR count). The second-order valence-corrected chi connectivity index (χ2v) is 5.40. The number of carbonyl (C=O) groups is 1. The van der Waals surface area contributed by atoms with Crippen molar-refractivity contribution >= 4 is 22.6 Å². The summed E-state index contributed by atoms with van der Waals surface area (Å²) in [5.41, 5.74) is 6.55. The van der Waals surface area contributed by atoms with Gasteiger partial charge in [0.25, 0.3) is 5.91 Å². The van der Waals surface area contributed by atoms with Gasteiger partial charge in [0.2, 0.25) is 11.8 Å². The van der Waals surface area contributed by atoms with E-state index in [4.69, 9.17) is 10.5 Å². The second kappa shape index (κ2) is 7.10. The lowest BCUT2D eigenvalue weighted by atomic mass is 10.0. The summed E-state index contributed by atoms with van der Waals surface area (Å²) in [5.74, 6) is -0.0803. The quantitative estimate of drug-likeness (QED) is 0.720. The highest BCUT2D eigenvalue weighted by atomic mass is 16.5. The summed E-state index contributed by atoms with van der Waals surface area (Å²) >= 11 is 0. The fourth-order valence-electron chi connectivity index (χ4n) is 2.61. The van der Waals surface area contributed by atoms with Gasteiger partial charge in [0.1, 0.15) is 0 Å². The topological polar surface area (TPSA) is 97.1 Å². The second-order valence-electron chi connectivity index (χ2n) is 5.40. The molecule has 7 nitrogen and oxygen atoms in total. The Morgan fingerprint density at radius 2 is 2.04 bits per heavy atom. The molecule has 1 amide bonds. The Morgan fingerprint density at radius 3 is 2.79 bits per heavy atom. The molecule has 0 aliphatic rings. The van der Waals surface area contributed by atoms with Crippen molar-refractivity contribution in [3.05, 3.63) is 53.9 Å². The van der Waals surface area contributed by atoms with Crippen LogP contribution in [0.3, 0.4) is 0 Å². The first-order valence-electron chi connectivity index (χ1n) is 7.62. The van der Waals surface area contributed by atoms with E-state index in [9.17, 15) is 4.79 Å². The molecule has 3 N–H and O–H groups in total. The molecule has 0 radical (unpaired) electrons. The molecule has 24 heavy (non-hydrogen) atoms. The average molecular weight is 325 g/mol. The normalized spacial score (nSPS) is 10.9. The molecule has 124 valence electrons. The minimum atomic E-state index is -0.260. The number of nitrogens with zero attached hydrogens (tertiary/aromatic N) is 3. The Balaban J connectivity index is 1.90. The maximum absolute atomic E-state index is 12.7. The Morgan fingerprint density at radius 1 is 1.25 bits per heavy atom. The third-order valence-electron chi connectivity index (χ3n) is 3.80. The molecule has 1 heterocycles. The molecule has 2 aromatic carbocycles. The molecule has 1 aromatic heterocycles. The number of methoxy groups -OCH3 is 1. The zero-order valence-electron chi connectivity index (χ0n) is 13.4. The summed E-state index contributed by atoms with van der Waals surface area (Å²) in [6.07, 6.45) is 0. The van der Waals surface area contributed by atoms with Crippen LogP contribution >= 0.6 is 0 Å². The van der Waals surface area contributed by atoms with Crippen LogP contribution in [0, 0.1) is 0 Å². The van der Waals surface area contributed by atoms with Crippen LogP contribution in [0.25, 0.3) is 10.8 Å². The Bertz CT molecular complexity index is 840. The van der Waals surface area contributed by atoms with Crippen LogP contribution < -0.4 is 5.73 Å². The summed E-state index contributed by atoms with van der Waals surface area (Å²) in [7, 11) is 1.60. The zero-order valence-corrected chi connectivity index (χ0v) is 13.4. The standard InChI is InChI=1S/C17H19N5O2/c1-24-10-9-22(16(23)15-19-17(18)21-20-15)11-13-7-4-6-12-5-2-3-8-14(12)13/h2-8H,9-11H2,1H3,(H3,18,19,20,21). The number of H-pyrrole nitrogens is 1. The van der Waals surface area contributed by atoms with Gasteiger partial charge in [-0.1, -0.05) is 42.5 Å². The molecule has 3 aromatic rings. The number of benzene rings is 2. The maximum Gasteiger partial charge on any atom is 0.291 e. The van der Waals surface area contributed by atoms with Gasteiger partial charge in [-0.15, -0.1) is 5.10 Å². The maximum atomic E-state index is 12.7. The number of hydrogen-bond acceptors (Lipinski definition) is 5. The number of nitrogens with one attached hydrogen (secondary N) is 1. The number of amides is 1. The van der Waals surface area contributed by atoms with Gasteiger partial charge in [-0.3, -0.25) is 9.89 Å². The molecular formula is C17H19N5O2. The van der Waals surface area contributed by atoms with Crippen LogP contribution in [-0.4, -0.2) is 46.2 Å². The summed E-state index contributed by atoms with van der Waals surface area (Å²) in [6.45, 7) is 1.32. The van der Waals surface area contributed by atoms with Gasteiger partial charge in [-0.25, -0.2) is 0 Å². The summed E-state index contributed by atoms with van der Waals surface area (Å²) in [4.78, 5) is 18.3. The number of nitrogen functional groups attached to an aromatic ring is 1. The van der Waals surface area contributed by atoms with Crippen molar-refractivity contribution < 1.29 is 9.53 Å². The van der Waals surface area contributed by atoms with Gasteiger partial charge in [-0.05, 0) is 16.3 Å². The molecule has 7 heteroatoms. The van der Waals surface area contributed by atoms with Gasteiger partial charge in [0.15, 0.2) is 0 Å². The smallest absolute Gasteiger partial charge is 0.291 e. The molecule has 0 saturated heterocycles. The highest BCUT2D eigenvalue weighted by Gasteiger charge is 2.20. The van der Waals surface area contributed by atoms with Gasteiger partial charge < -0.3 is 15.4 Å². The van der Waals surface area contributed by atoms with E-state index in [2.05, 4.69) is 33.4 Å². The highest BCUT2D eigenvalue weighted by molar-refractivity contribution is 5.91. The fourth-order valence-corrected chi connectivity index (χ4v) is 2.61. The Kier molecular flexibility index (Phi) is 4.72. The van der Waals surface area contributed by atoms with E-state index < -0.39 is 0 Å². The number of anilines is 1. The van der Waals surface area contributed by atoms with E-state index in [1.54, 1.807) is 12.0 Å². The molecule has 0 spiro atoms. The van der Waals surface area contributed by atoms with E-state index >= 15 is 0 Å². The van der Waals surface area contributed by atoms with Crippen LogP contribution in [0.5, 0.6) is 0 Å². The van der Waals surface area contributed by atoms with Gasteiger partial charge in [-0.2, -0.15) is 4.98 Å². The molecule has 0 unspecified atom stereocenters. The van der Waals surface area contributed by atoms with Crippen LogP contribution in [0.2, 0.25) is 0 Å². The van der Waals surface area contributed by atoms with Gasteiger partial charge >= 0.3 is 0 Å². The van der Waals surface area contributed by atoms with Gasteiger partial charge in [0, 0.05) is 20.2 Å². The lowest BCUT2D eigenvalue weighted by Crippen LogP contribution is -2.34. The molecule has 0 atom stereocenters. The molecule has 0 aliphatic carbocycles. The third-order valence-corrected chi connectivity index (χ3v) is 3.80. The van der Waals surface area contributed by atoms with Crippen molar-refractivity contribution in [1.29, 1.82) is 0 Å². The number of ether oxygens (including phenoxy) is 1. The largest absolute Gasteiger partial charge is 0.383 e. The zero-order chi connectivity index (χ0) is 16.9. The Labute approximate surface area is 139 Å². The molecule has 0 bridgehead atoms. The van der Waals surface area contributed by atoms with Crippen LogP contribution in [0.1, 0.15) is 16.2 Å². The van der Waals surface area contributed by atoms with Crippen molar-refractivity contribution in [3.8, 4) is 0 Å². The molecular weight excluding hydrogens is 306 g/mol. The average Bonchev–Trinajstić information content (AvgIpc) is 3.04. The summed E-state index contributed by atoms with van der Waals surface area (Å²) < 4.78 is 5.12. The van der Waals surface area contributed by atoms with E-state index in [1.165, 1.54) is 0 Å². The number of carbonyl (C=O) groups excluding carboxylic acids is 1. The predicted octanol–water partition coefficient (Wildman–Crippen LogP) is 1.83. The number of aromatic amines is 1. The van der Waals surface area contributed by atoms with Crippen molar-refractivity contribution in [2.75, 3.05) is 26.0 Å². The van der Waals surface area contributed by atoms with Crippen molar-refractivity contribution in [3.63, 3.8) is 0 Å². The molecule has 0 aliphatic heterocycles. The van der Waals surface area contributed by atoms with E-state index in [0.717, 1.165) is 16.3 Å². The fraction of sp³-hybridized carbons (Fsp3) is 0.235. The van der Waals surface area contributed by atoms with E-state index in [0.29, 0.717) is 19.7 Å².